The lowest BCUT2D eigenvalue weighted by atomic mass is 10.1. The lowest BCUT2D eigenvalue weighted by Crippen LogP contribution is -2.05. The van der Waals surface area contributed by atoms with Crippen LogP contribution in [0.5, 0.6) is 0 Å². The molecule has 0 aromatic heterocycles. The SMILES string of the molecule is CCC(=O)C/C(CC)=N\c1cccc2ccccc12. The van der Waals surface area contributed by atoms with Gasteiger partial charge in [0.25, 0.3) is 0 Å². The fourth-order valence-corrected chi connectivity index (χ4v) is 2.07. The summed E-state index contributed by atoms with van der Waals surface area (Å²) in [5, 5.41) is 2.32. The van der Waals surface area contributed by atoms with Crippen molar-refractivity contribution in [1.29, 1.82) is 0 Å². The van der Waals surface area contributed by atoms with Crippen LogP contribution in [0, 0.1) is 0 Å². The lowest BCUT2D eigenvalue weighted by Gasteiger charge is -2.05. The van der Waals surface area contributed by atoms with E-state index in [-0.39, 0.29) is 5.78 Å². The van der Waals surface area contributed by atoms with Crippen LogP contribution in [0.15, 0.2) is 47.5 Å². The van der Waals surface area contributed by atoms with Gasteiger partial charge in [-0.15, -0.1) is 0 Å². The van der Waals surface area contributed by atoms with E-state index in [0.29, 0.717) is 12.8 Å². The minimum atomic E-state index is 0.251. The standard InChI is InChI=1S/C17H19NO/c1-3-14(12-15(19)4-2)18-17-11-7-9-13-8-5-6-10-16(13)17/h5-11H,3-4,12H2,1-2H3/b18-14-. The van der Waals surface area contributed by atoms with E-state index < -0.39 is 0 Å². The molecule has 0 saturated heterocycles. The zero-order valence-electron chi connectivity index (χ0n) is 11.5. The predicted octanol–water partition coefficient (Wildman–Crippen LogP) is 4.69. The second kappa shape index (κ2) is 6.28. The fourth-order valence-electron chi connectivity index (χ4n) is 2.07. The molecule has 0 unspecified atom stereocenters. The van der Waals surface area contributed by atoms with Gasteiger partial charge in [0.2, 0.25) is 0 Å². The average molecular weight is 253 g/mol. The number of hydrogen-bond acceptors (Lipinski definition) is 2. The average Bonchev–Trinajstić information content (AvgIpc) is 2.46. The Bertz CT molecular complexity index is 608. The van der Waals surface area contributed by atoms with Gasteiger partial charge in [-0.2, -0.15) is 0 Å². The van der Waals surface area contributed by atoms with Crippen molar-refractivity contribution >= 4 is 28.0 Å². The van der Waals surface area contributed by atoms with E-state index in [0.717, 1.165) is 23.2 Å². The van der Waals surface area contributed by atoms with Crippen LogP contribution in [0.25, 0.3) is 10.8 Å². The molecule has 0 bridgehead atoms. The Morgan fingerprint density at radius 3 is 2.47 bits per heavy atom. The third-order valence-corrected chi connectivity index (χ3v) is 3.25. The second-order valence-electron chi connectivity index (χ2n) is 4.60. The molecule has 19 heavy (non-hydrogen) atoms. The maximum Gasteiger partial charge on any atom is 0.138 e. The number of rotatable bonds is 5. The highest BCUT2D eigenvalue weighted by molar-refractivity contribution is 6.04. The van der Waals surface area contributed by atoms with Crippen LogP contribution in [-0.4, -0.2) is 11.5 Å². The molecule has 2 aromatic rings. The summed E-state index contributed by atoms with van der Waals surface area (Å²) in [4.78, 5) is 16.2. The number of Topliss-reactive ketones (excluding diaryl/α,β-unsaturated/α-hetero) is 1. The summed E-state index contributed by atoms with van der Waals surface area (Å²) < 4.78 is 0. The van der Waals surface area contributed by atoms with Gasteiger partial charge in [-0.1, -0.05) is 50.2 Å². The Labute approximate surface area is 114 Å². The largest absolute Gasteiger partial charge is 0.299 e. The number of carbonyl (C=O) groups excluding carboxylic acids is 1. The monoisotopic (exact) mass is 253 g/mol. The first-order valence-electron chi connectivity index (χ1n) is 6.80. The molecule has 2 nitrogen and oxygen atoms in total. The van der Waals surface area contributed by atoms with Gasteiger partial charge >= 0.3 is 0 Å². The Morgan fingerprint density at radius 2 is 1.74 bits per heavy atom. The molecule has 0 aliphatic rings. The maximum atomic E-state index is 11.6. The van der Waals surface area contributed by atoms with Gasteiger partial charge in [-0.25, -0.2) is 0 Å². The van der Waals surface area contributed by atoms with Crippen LogP contribution in [0.4, 0.5) is 5.69 Å². The molecule has 0 spiro atoms. The molecule has 98 valence electrons. The number of aliphatic imine (C=N–C) groups is 1. The summed E-state index contributed by atoms with van der Waals surface area (Å²) in [6.07, 6.45) is 1.86. The van der Waals surface area contributed by atoms with E-state index in [1.165, 1.54) is 5.39 Å². The fraction of sp³-hybridized carbons (Fsp3) is 0.294. The smallest absolute Gasteiger partial charge is 0.138 e. The minimum absolute atomic E-state index is 0.251. The van der Waals surface area contributed by atoms with E-state index in [2.05, 4.69) is 23.2 Å². The summed E-state index contributed by atoms with van der Waals surface area (Å²) >= 11 is 0. The van der Waals surface area contributed by atoms with Crippen LogP contribution in [0.1, 0.15) is 33.1 Å². The number of carbonyl (C=O) groups is 1. The number of ketones is 1. The highest BCUT2D eigenvalue weighted by Gasteiger charge is 2.05. The Balaban J connectivity index is 2.40. The van der Waals surface area contributed by atoms with Crippen molar-refractivity contribution in [1.82, 2.24) is 0 Å². The zero-order chi connectivity index (χ0) is 13.7. The number of hydrogen-bond donors (Lipinski definition) is 0. The summed E-state index contributed by atoms with van der Waals surface area (Å²) in [7, 11) is 0. The molecule has 0 atom stereocenters. The van der Waals surface area contributed by atoms with Gasteiger partial charge in [0, 0.05) is 23.9 Å². The van der Waals surface area contributed by atoms with Gasteiger partial charge in [-0.3, -0.25) is 9.79 Å². The summed E-state index contributed by atoms with van der Waals surface area (Å²) in [6.45, 7) is 3.94. The van der Waals surface area contributed by atoms with Crippen LogP contribution in [0.2, 0.25) is 0 Å². The van der Waals surface area contributed by atoms with Crippen molar-refractivity contribution in [3.8, 4) is 0 Å². The minimum Gasteiger partial charge on any atom is -0.299 e. The van der Waals surface area contributed by atoms with Crippen LogP contribution < -0.4 is 0 Å². The summed E-state index contributed by atoms with van der Waals surface area (Å²) in [6, 6.07) is 14.3. The quantitative estimate of drug-likeness (QED) is 0.711. The molecular formula is C17H19NO. The van der Waals surface area contributed by atoms with Crippen molar-refractivity contribution < 1.29 is 4.79 Å². The first kappa shape index (κ1) is 13.5. The maximum absolute atomic E-state index is 11.6. The van der Waals surface area contributed by atoms with E-state index in [9.17, 15) is 4.79 Å². The highest BCUT2D eigenvalue weighted by Crippen LogP contribution is 2.26. The van der Waals surface area contributed by atoms with E-state index in [1.54, 1.807) is 0 Å². The highest BCUT2D eigenvalue weighted by atomic mass is 16.1. The van der Waals surface area contributed by atoms with Gasteiger partial charge < -0.3 is 0 Å². The van der Waals surface area contributed by atoms with Crippen molar-refractivity contribution in [2.24, 2.45) is 4.99 Å². The number of nitrogens with zero attached hydrogens (tertiary/aromatic N) is 1. The van der Waals surface area contributed by atoms with Crippen LogP contribution >= 0.6 is 0 Å². The summed E-state index contributed by atoms with van der Waals surface area (Å²) in [5.74, 6) is 0.251. The van der Waals surface area contributed by atoms with Crippen molar-refractivity contribution in [2.45, 2.75) is 33.1 Å². The molecule has 0 fully saturated rings. The molecule has 2 heteroatoms. The molecule has 2 rings (SSSR count). The molecule has 0 aliphatic carbocycles. The molecule has 0 N–H and O–H groups in total. The van der Waals surface area contributed by atoms with Gasteiger partial charge in [-0.05, 0) is 17.9 Å². The Morgan fingerprint density at radius 1 is 1.00 bits per heavy atom. The first-order valence-corrected chi connectivity index (χ1v) is 6.80. The van der Waals surface area contributed by atoms with Crippen LogP contribution in [0.3, 0.4) is 0 Å². The Hall–Kier alpha value is -1.96. The van der Waals surface area contributed by atoms with E-state index in [1.807, 2.05) is 38.1 Å². The van der Waals surface area contributed by atoms with Gasteiger partial charge in [0.15, 0.2) is 0 Å². The molecule has 0 amide bonds. The van der Waals surface area contributed by atoms with E-state index in [4.69, 9.17) is 0 Å². The number of benzene rings is 2. The van der Waals surface area contributed by atoms with Crippen molar-refractivity contribution in [3.05, 3.63) is 42.5 Å². The zero-order valence-corrected chi connectivity index (χ0v) is 11.5. The lowest BCUT2D eigenvalue weighted by molar-refractivity contribution is -0.117. The third-order valence-electron chi connectivity index (χ3n) is 3.25. The van der Waals surface area contributed by atoms with Gasteiger partial charge in [0.05, 0.1) is 5.69 Å². The molecular weight excluding hydrogens is 234 g/mol. The Kier molecular flexibility index (Phi) is 4.45. The summed E-state index contributed by atoms with van der Waals surface area (Å²) in [5.41, 5.74) is 1.92. The normalized spacial score (nSPS) is 11.8. The number of fused-ring (bicyclic) bond motifs is 1. The molecule has 0 heterocycles. The second-order valence-corrected chi connectivity index (χ2v) is 4.60. The molecule has 0 saturated carbocycles. The first-order chi connectivity index (χ1) is 9.24. The molecule has 0 aliphatic heterocycles. The predicted molar refractivity (Wildman–Crippen MR) is 81.2 cm³/mol. The molecule has 0 radical (unpaired) electrons. The van der Waals surface area contributed by atoms with Crippen molar-refractivity contribution in [3.63, 3.8) is 0 Å². The third kappa shape index (κ3) is 3.28. The van der Waals surface area contributed by atoms with Gasteiger partial charge in [0.1, 0.15) is 5.78 Å². The van der Waals surface area contributed by atoms with Crippen molar-refractivity contribution in [2.75, 3.05) is 0 Å². The topological polar surface area (TPSA) is 29.4 Å². The molecule has 2 aromatic carbocycles. The van der Waals surface area contributed by atoms with Crippen LogP contribution in [-0.2, 0) is 4.79 Å². The van der Waals surface area contributed by atoms with E-state index >= 15 is 0 Å².